The van der Waals surface area contributed by atoms with Gasteiger partial charge in [0, 0.05) is 30.7 Å². The molecule has 1 saturated heterocycles. The summed E-state index contributed by atoms with van der Waals surface area (Å²) >= 11 is 0. The topological polar surface area (TPSA) is 59.4 Å². The van der Waals surface area contributed by atoms with Gasteiger partial charge >= 0.3 is 0 Å². The molecule has 0 spiro atoms. The largest absolute Gasteiger partial charge is 0.497 e. The molecule has 3 rings (SSSR count). The lowest BCUT2D eigenvalue weighted by Gasteiger charge is -2.31. The van der Waals surface area contributed by atoms with Crippen LogP contribution in [0.1, 0.15) is 12.8 Å². The molecule has 0 atom stereocenters. The number of nitrogens with zero attached hydrogens (tertiary/aromatic N) is 3. The average molecular weight is 328 g/mol. The average Bonchev–Trinajstić information content (AvgIpc) is 3.10. The van der Waals surface area contributed by atoms with Gasteiger partial charge in [0.05, 0.1) is 20.0 Å². The highest BCUT2D eigenvalue weighted by Crippen LogP contribution is 2.20. The minimum absolute atomic E-state index is 0.0244. The van der Waals surface area contributed by atoms with Gasteiger partial charge in [-0.2, -0.15) is 0 Å². The normalized spacial score (nSPS) is 16.0. The third-order valence-electron chi connectivity index (χ3n) is 4.46. The number of piperidine rings is 1. The number of anilines is 1. The van der Waals surface area contributed by atoms with E-state index < -0.39 is 0 Å². The molecule has 1 aliphatic heterocycles. The predicted octanol–water partition coefficient (Wildman–Crippen LogP) is 2.24. The van der Waals surface area contributed by atoms with E-state index in [9.17, 15) is 4.79 Å². The lowest BCUT2D eigenvalue weighted by Crippen LogP contribution is -2.39. The van der Waals surface area contributed by atoms with E-state index in [0.29, 0.717) is 12.5 Å². The van der Waals surface area contributed by atoms with E-state index in [-0.39, 0.29) is 5.91 Å². The maximum atomic E-state index is 12.2. The Morgan fingerprint density at radius 2 is 2.21 bits per heavy atom. The van der Waals surface area contributed by atoms with Crippen molar-refractivity contribution < 1.29 is 9.53 Å². The van der Waals surface area contributed by atoms with Crippen molar-refractivity contribution in [3.05, 3.63) is 43.0 Å². The molecule has 0 aliphatic carbocycles. The van der Waals surface area contributed by atoms with Crippen LogP contribution in [0.5, 0.6) is 5.75 Å². The highest BCUT2D eigenvalue weighted by atomic mass is 16.5. The monoisotopic (exact) mass is 328 g/mol. The maximum Gasteiger partial charge on any atom is 0.238 e. The first kappa shape index (κ1) is 16.5. The van der Waals surface area contributed by atoms with E-state index in [1.165, 1.54) is 0 Å². The van der Waals surface area contributed by atoms with E-state index in [2.05, 4.69) is 19.8 Å². The molecule has 1 aromatic heterocycles. The Morgan fingerprint density at radius 1 is 1.38 bits per heavy atom. The van der Waals surface area contributed by atoms with E-state index in [1.54, 1.807) is 7.11 Å². The van der Waals surface area contributed by atoms with Gasteiger partial charge in [-0.05, 0) is 44.0 Å². The molecule has 128 valence electrons. The lowest BCUT2D eigenvalue weighted by atomic mass is 9.97. The number of methoxy groups -OCH3 is 1. The zero-order valence-corrected chi connectivity index (χ0v) is 14.0. The Bertz CT molecular complexity index is 649. The van der Waals surface area contributed by atoms with Crippen LogP contribution in [0.25, 0.3) is 0 Å². The fourth-order valence-corrected chi connectivity index (χ4v) is 3.12. The van der Waals surface area contributed by atoms with Gasteiger partial charge in [-0.15, -0.1) is 0 Å². The summed E-state index contributed by atoms with van der Waals surface area (Å²) < 4.78 is 7.31. The Hall–Kier alpha value is -2.34. The van der Waals surface area contributed by atoms with E-state index >= 15 is 0 Å². The SMILES string of the molecule is COc1cccc(NC(=O)CN2CCC(Cn3ccnc3)CC2)c1. The maximum absolute atomic E-state index is 12.2. The first-order valence-electron chi connectivity index (χ1n) is 8.35. The highest BCUT2D eigenvalue weighted by molar-refractivity contribution is 5.92. The third kappa shape index (κ3) is 4.58. The van der Waals surface area contributed by atoms with Gasteiger partial charge < -0.3 is 14.6 Å². The Morgan fingerprint density at radius 3 is 2.92 bits per heavy atom. The van der Waals surface area contributed by atoms with E-state index in [0.717, 1.165) is 43.9 Å². The number of aromatic nitrogens is 2. The molecule has 2 aromatic rings. The number of carbonyl (C=O) groups excluding carboxylic acids is 1. The first-order valence-corrected chi connectivity index (χ1v) is 8.35. The predicted molar refractivity (Wildman–Crippen MR) is 93.0 cm³/mol. The molecular formula is C18H24N4O2. The standard InChI is InChI=1S/C18H24N4O2/c1-24-17-4-2-3-16(11-17)20-18(23)13-21-8-5-15(6-9-21)12-22-10-7-19-14-22/h2-4,7,10-11,14-15H,5-6,8-9,12-13H2,1H3,(H,20,23). The van der Waals surface area contributed by atoms with Crippen LogP contribution in [0, 0.1) is 5.92 Å². The summed E-state index contributed by atoms with van der Waals surface area (Å²) in [7, 11) is 1.62. The van der Waals surface area contributed by atoms with E-state index in [1.807, 2.05) is 43.0 Å². The van der Waals surface area contributed by atoms with Gasteiger partial charge in [-0.1, -0.05) is 6.07 Å². The summed E-state index contributed by atoms with van der Waals surface area (Å²) in [6, 6.07) is 7.43. The van der Waals surface area contributed by atoms with Crippen molar-refractivity contribution in [2.75, 3.05) is 32.1 Å². The molecule has 1 aromatic carbocycles. The summed E-state index contributed by atoms with van der Waals surface area (Å²) in [4.78, 5) is 18.5. The number of carbonyl (C=O) groups is 1. The second kappa shape index (κ2) is 7.97. The van der Waals surface area contributed by atoms with Crippen molar-refractivity contribution in [1.82, 2.24) is 14.5 Å². The van der Waals surface area contributed by atoms with Crippen molar-refractivity contribution in [1.29, 1.82) is 0 Å². The molecule has 24 heavy (non-hydrogen) atoms. The number of likely N-dealkylation sites (tertiary alicyclic amines) is 1. The number of benzene rings is 1. The minimum Gasteiger partial charge on any atom is -0.497 e. The van der Waals surface area contributed by atoms with Crippen LogP contribution >= 0.6 is 0 Å². The molecule has 2 heterocycles. The fraction of sp³-hybridized carbons (Fsp3) is 0.444. The van der Waals surface area contributed by atoms with Crippen LogP contribution in [0.15, 0.2) is 43.0 Å². The number of imidazole rings is 1. The number of nitrogens with one attached hydrogen (secondary N) is 1. The van der Waals surface area contributed by atoms with E-state index in [4.69, 9.17) is 4.74 Å². The molecule has 1 amide bonds. The van der Waals surface area contributed by atoms with Gasteiger partial charge in [0.2, 0.25) is 5.91 Å². The molecule has 0 saturated carbocycles. The molecule has 1 N–H and O–H groups in total. The molecule has 1 aliphatic rings. The van der Waals surface area contributed by atoms with Crippen molar-refractivity contribution >= 4 is 11.6 Å². The van der Waals surface area contributed by atoms with Crippen molar-refractivity contribution in [3.63, 3.8) is 0 Å². The van der Waals surface area contributed by atoms with Gasteiger partial charge in [0.15, 0.2) is 0 Å². The fourth-order valence-electron chi connectivity index (χ4n) is 3.12. The highest BCUT2D eigenvalue weighted by Gasteiger charge is 2.21. The summed E-state index contributed by atoms with van der Waals surface area (Å²) in [5.41, 5.74) is 0.773. The van der Waals surface area contributed by atoms with Gasteiger partial charge in [0.1, 0.15) is 5.75 Å². The third-order valence-corrected chi connectivity index (χ3v) is 4.46. The number of rotatable bonds is 6. The van der Waals surface area contributed by atoms with Gasteiger partial charge in [-0.25, -0.2) is 4.98 Å². The second-order valence-electron chi connectivity index (χ2n) is 6.26. The summed E-state index contributed by atoms with van der Waals surface area (Å²) in [5.74, 6) is 1.43. The summed E-state index contributed by atoms with van der Waals surface area (Å²) in [6.07, 6.45) is 7.93. The smallest absolute Gasteiger partial charge is 0.238 e. The summed E-state index contributed by atoms with van der Waals surface area (Å²) in [5, 5.41) is 2.94. The molecule has 6 heteroatoms. The Kier molecular flexibility index (Phi) is 5.48. The summed E-state index contributed by atoms with van der Waals surface area (Å²) in [6.45, 7) is 3.38. The van der Waals surface area contributed by atoms with Crippen LogP contribution in [-0.2, 0) is 11.3 Å². The van der Waals surface area contributed by atoms with Crippen LogP contribution in [0.2, 0.25) is 0 Å². The van der Waals surface area contributed by atoms with Crippen LogP contribution in [0.3, 0.4) is 0 Å². The number of amides is 1. The molecule has 6 nitrogen and oxygen atoms in total. The lowest BCUT2D eigenvalue weighted by molar-refractivity contribution is -0.117. The Balaban J connectivity index is 1.42. The molecule has 0 bridgehead atoms. The molecular weight excluding hydrogens is 304 g/mol. The minimum atomic E-state index is 0.0244. The van der Waals surface area contributed by atoms with Crippen molar-refractivity contribution in [2.45, 2.75) is 19.4 Å². The van der Waals surface area contributed by atoms with Crippen LogP contribution in [0.4, 0.5) is 5.69 Å². The first-order chi connectivity index (χ1) is 11.7. The zero-order chi connectivity index (χ0) is 16.8. The van der Waals surface area contributed by atoms with Crippen molar-refractivity contribution in [2.24, 2.45) is 5.92 Å². The van der Waals surface area contributed by atoms with Gasteiger partial charge in [0.25, 0.3) is 0 Å². The number of hydrogen-bond acceptors (Lipinski definition) is 4. The quantitative estimate of drug-likeness (QED) is 0.883. The second-order valence-corrected chi connectivity index (χ2v) is 6.26. The molecule has 0 radical (unpaired) electrons. The van der Waals surface area contributed by atoms with Crippen LogP contribution in [-0.4, -0.2) is 47.1 Å². The molecule has 0 unspecified atom stereocenters. The Labute approximate surface area is 142 Å². The van der Waals surface area contributed by atoms with Crippen molar-refractivity contribution in [3.8, 4) is 5.75 Å². The zero-order valence-electron chi connectivity index (χ0n) is 14.0. The number of hydrogen-bond donors (Lipinski definition) is 1. The van der Waals surface area contributed by atoms with Crippen LogP contribution < -0.4 is 10.1 Å². The molecule has 1 fully saturated rings. The van der Waals surface area contributed by atoms with Gasteiger partial charge in [-0.3, -0.25) is 9.69 Å². The number of ether oxygens (including phenoxy) is 1.